The minimum absolute atomic E-state index is 0.0182. The van der Waals surface area contributed by atoms with Crippen LogP contribution in [0.4, 0.5) is 0 Å². The van der Waals surface area contributed by atoms with Crippen molar-refractivity contribution < 1.29 is 13.2 Å². The first kappa shape index (κ1) is 18.6. The van der Waals surface area contributed by atoms with Gasteiger partial charge in [-0.05, 0) is 44.9 Å². The molecule has 27 heavy (non-hydrogen) atoms. The summed E-state index contributed by atoms with van der Waals surface area (Å²) >= 11 is 0. The molecular formula is C18H26N4O4S. The van der Waals surface area contributed by atoms with Crippen molar-refractivity contribution in [3.8, 4) is 0 Å². The van der Waals surface area contributed by atoms with Gasteiger partial charge in [0.05, 0.1) is 11.4 Å². The standard InChI is InChI=1S/C18H26N4O4S/c19-27(25,26)10-1-3-14(23)22-9-2-7-18(11-22)8-6-13-15(18)20-16(12-4-5-12)21-17(13)24/h12H,1-11H2,(H2,19,25,26)(H,20,21,24). The number of aromatic nitrogens is 2. The van der Waals surface area contributed by atoms with E-state index in [1.54, 1.807) is 0 Å². The number of aromatic amines is 1. The van der Waals surface area contributed by atoms with E-state index in [9.17, 15) is 18.0 Å². The third-order valence-electron chi connectivity index (χ3n) is 6.10. The Hall–Kier alpha value is -1.74. The zero-order valence-electron chi connectivity index (χ0n) is 15.4. The van der Waals surface area contributed by atoms with E-state index in [1.165, 1.54) is 0 Å². The van der Waals surface area contributed by atoms with Gasteiger partial charge in [-0.1, -0.05) is 0 Å². The summed E-state index contributed by atoms with van der Waals surface area (Å²) in [7, 11) is -3.54. The Balaban J connectivity index is 1.52. The lowest BCUT2D eigenvalue weighted by atomic mass is 9.77. The number of nitrogens with two attached hydrogens (primary N) is 1. The molecule has 2 heterocycles. The SMILES string of the molecule is NS(=O)(=O)CCCC(=O)N1CCCC2(CCc3c2nc(C2CC2)[nH]c3=O)C1. The molecular weight excluding hydrogens is 368 g/mol. The van der Waals surface area contributed by atoms with E-state index in [0.717, 1.165) is 49.2 Å². The molecule has 1 amide bonds. The van der Waals surface area contributed by atoms with E-state index in [2.05, 4.69) is 4.98 Å². The van der Waals surface area contributed by atoms with Gasteiger partial charge in [0.1, 0.15) is 5.82 Å². The van der Waals surface area contributed by atoms with Gasteiger partial charge in [-0.15, -0.1) is 0 Å². The first-order chi connectivity index (χ1) is 12.8. The van der Waals surface area contributed by atoms with Crippen LogP contribution in [0.1, 0.15) is 67.9 Å². The summed E-state index contributed by atoms with van der Waals surface area (Å²) in [5.74, 6) is 0.956. The van der Waals surface area contributed by atoms with E-state index in [1.807, 2.05) is 4.90 Å². The minimum Gasteiger partial charge on any atom is -0.342 e. The Morgan fingerprint density at radius 2 is 2.11 bits per heavy atom. The number of primary sulfonamides is 1. The number of sulfonamides is 1. The maximum absolute atomic E-state index is 12.6. The van der Waals surface area contributed by atoms with Gasteiger partial charge in [-0.25, -0.2) is 18.5 Å². The van der Waals surface area contributed by atoms with Gasteiger partial charge in [0.25, 0.3) is 5.56 Å². The van der Waals surface area contributed by atoms with Gasteiger partial charge >= 0.3 is 0 Å². The van der Waals surface area contributed by atoms with Crippen LogP contribution in [0, 0.1) is 0 Å². The second-order valence-corrected chi connectivity index (χ2v) is 9.96. The van der Waals surface area contributed by atoms with E-state index < -0.39 is 10.0 Å². The Morgan fingerprint density at radius 1 is 1.33 bits per heavy atom. The zero-order chi connectivity index (χ0) is 19.2. The maximum Gasteiger partial charge on any atom is 0.254 e. The summed E-state index contributed by atoms with van der Waals surface area (Å²) < 4.78 is 22.1. The Morgan fingerprint density at radius 3 is 2.81 bits per heavy atom. The van der Waals surface area contributed by atoms with E-state index in [-0.39, 0.29) is 35.5 Å². The predicted molar refractivity (Wildman–Crippen MR) is 99.9 cm³/mol. The quantitative estimate of drug-likeness (QED) is 0.753. The number of nitrogens with one attached hydrogen (secondary N) is 1. The maximum atomic E-state index is 12.6. The summed E-state index contributed by atoms with van der Waals surface area (Å²) in [5.41, 5.74) is 1.43. The predicted octanol–water partition coefficient (Wildman–Crippen LogP) is 0.522. The van der Waals surface area contributed by atoms with Gasteiger partial charge in [0, 0.05) is 36.4 Å². The largest absolute Gasteiger partial charge is 0.342 e. The number of carbonyl (C=O) groups is 1. The average molecular weight is 394 g/mol. The molecule has 0 bridgehead atoms. The molecule has 1 spiro atoms. The first-order valence-electron chi connectivity index (χ1n) is 9.69. The number of hydrogen-bond acceptors (Lipinski definition) is 5. The van der Waals surface area contributed by atoms with Crippen molar-refractivity contribution in [3.63, 3.8) is 0 Å². The molecule has 0 aromatic carbocycles. The number of amides is 1. The summed E-state index contributed by atoms with van der Waals surface area (Å²) in [6.45, 7) is 1.23. The highest BCUT2D eigenvalue weighted by Crippen LogP contribution is 2.45. The van der Waals surface area contributed by atoms with Crippen LogP contribution in [0.3, 0.4) is 0 Å². The third-order valence-corrected chi connectivity index (χ3v) is 6.96. The highest BCUT2D eigenvalue weighted by molar-refractivity contribution is 7.89. The third kappa shape index (κ3) is 3.80. The second-order valence-electron chi connectivity index (χ2n) is 8.22. The van der Waals surface area contributed by atoms with E-state index in [0.29, 0.717) is 25.4 Å². The second kappa shape index (κ2) is 6.70. The van der Waals surface area contributed by atoms with Crippen LogP contribution in [0.15, 0.2) is 4.79 Å². The number of nitrogens with zero attached hydrogens (tertiary/aromatic N) is 2. The number of H-pyrrole nitrogens is 1. The number of fused-ring (bicyclic) bond motifs is 2. The number of hydrogen-bond donors (Lipinski definition) is 2. The van der Waals surface area contributed by atoms with Gasteiger partial charge in [0.15, 0.2) is 0 Å². The van der Waals surface area contributed by atoms with Gasteiger partial charge in [-0.3, -0.25) is 9.59 Å². The van der Waals surface area contributed by atoms with Crippen LogP contribution < -0.4 is 10.7 Å². The van der Waals surface area contributed by atoms with Crippen molar-refractivity contribution in [2.75, 3.05) is 18.8 Å². The number of carbonyl (C=O) groups excluding carboxylic acids is 1. The van der Waals surface area contributed by atoms with Crippen molar-refractivity contribution in [2.45, 2.75) is 62.7 Å². The lowest BCUT2D eigenvalue weighted by Crippen LogP contribution is -2.48. The Kier molecular flexibility index (Phi) is 4.62. The van der Waals surface area contributed by atoms with Gasteiger partial charge in [0.2, 0.25) is 15.9 Å². The molecule has 1 aliphatic heterocycles. The molecule has 1 saturated heterocycles. The molecule has 1 aromatic heterocycles. The average Bonchev–Trinajstić information content (AvgIpc) is 3.39. The van der Waals surface area contributed by atoms with Crippen molar-refractivity contribution in [1.29, 1.82) is 0 Å². The van der Waals surface area contributed by atoms with Crippen LogP contribution in [0.25, 0.3) is 0 Å². The van der Waals surface area contributed by atoms with Crippen LogP contribution >= 0.6 is 0 Å². The highest BCUT2D eigenvalue weighted by Gasteiger charge is 2.46. The molecule has 4 rings (SSSR count). The van der Waals surface area contributed by atoms with Crippen LogP contribution in [-0.2, 0) is 26.7 Å². The van der Waals surface area contributed by atoms with Crippen molar-refractivity contribution in [2.24, 2.45) is 5.14 Å². The van der Waals surface area contributed by atoms with E-state index in [4.69, 9.17) is 10.1 Å². The topological polar surface area (TPSA) is 126 Å². The molecule has 8 nitrogen and oxygen atoms in total. The molecule has 1 aromatic rings. The molecule has 2 fully saturated rings. The lowest BCUT2D eigenvalue weighted by Gasteiger charge is -2.40. The molecule has 2 aliphatic carbocycles. The fourth-order valence-electron chi connectivity index (χ4n) is 4.54. The van der Waals surface area contributed by atoms with Crippen LogP contribution in [-0.4, -0.2) is 48.0 Å². The molecule has 3 N–H and O–H groups in total. The lowest BCUT2D eigenvalue weighted by molar-refractivity contribution is -0.133. The van der Waals surface area contributed by atoms with Crippen molar-refractivity contribution in [3.05, 3.63) is 27.4 Å². The van der Waals surface area contributed by atoms with Gasteiger partial charge < -0.3 is 9.88 Å². The Labute approximate surface area is 158 Å². The number of likely N-dealkylation sites (tertiary alicyclic amines) is 1. The smallest absolute Gasteiger partial charge is 0.254 e. The fourth-order valence-corrected chi connectivity index (χ4v) is 5.09. The summed E-state index contributed by atoms with van der Waals surface area (Å²) in [5, 5.41) is 5.01. The number of rotatable bonds is 5. The normalized spacial score (nSPS) is 25.0. The molecule has 3 aliphatic rings. The molecule has 9 heteroatoms. The fraction of sp³-hybridized carbons (Fsp3) is 0.722. The van der Waals surface area contributed by atoms with Gasteiger partial charge in [-0.2, -0.15) is 0 Å². The number of piperidine rings is 1. The first-order valence-corrected chi connectivity index (χ1v) is 11.4. The zero-order valence-corrected chi connectivity index (χ0v) is 16.2. The molecule has 0 radical (unpaired) electrons. The molecule has 1 saturated carbocycles. The van der Waals surface area contributed by atoms with Crippen molar-refractivity contribution in [1.82, 2.24) is 14.9 Å². The summed E-state index contributed by atoms with van der Waals surface area (Å²) in [6.07, 6.45) is 5.91. The molecule has 1 atom stereocenters. The molecule has 1 unspecified atom stereocenters. The van der Waals surface area contributed by atoms with Crippen molar-refractivity contribution >= 4 is 15.9 Å². The summed E-state index contributed by atoms with van der Waals surface area (Å²) in [4.78, 5) is 34.7. The van der Waals surface area contributed by atoms with Crippen LogP contribution in [0.2, 0.25) is 0 Å². The molecule has 148 valence electrons. The Bertz CT molecular complexity index is 922. The highest BCUT2D eigenvalue weighted by atomic mass is 32.2. The monoisotopic (exact) mass is 394 g/mol. The minimum atomic E-state index is -3.54. The summed E-state index contributed by atoms with van der Waals surface area (Å²) in [6, 6.07) is 0. The van der Waals surface area contributed by atoms with Crippen LogP contribution in [0.5, 0.6) is 0 Å². The van der Waals surface area contributed by atoms with E-state index >= 15 is 0 Å².